The van der Waals surface area contributed by atoms with Crippen LogP contribution in [0.2, 0.25) is 0 Å². The van der Waals surface area contributed by atoms with E-state index in [-0.39, 0.29) is 31.7 Å². The van der Waals surface area contributed by atoms with Crippen molar-refractivity contribution >= 4 is 29.8 Å². The van der Waals surface area contributed by atoms with Crippen molar-refractivity contribution in [1.82, 2.24) is 0 Å². The summed E-state index contributed by atoms with van der Waals surface area (Å²) in [5.74, 6) is -2.94. The van der Waals surface area contributed by atoms with Crippen molar-refractivity contribution in [2.45, 2.75) is 162 Å². The standard InChI is InChI=1S/C32H56O12/c1-6-7-8-9-10-11-12-13-14-15-16-19-29(40-25(2)33)20-17-18-21-30(41-26(3)34)22-32(37)38-23-31(44-43-28(5)36)24-39-42-27(4)35/h29-31H,6-24H2,1-5H3. The summed E-state index contributed by atoms with van der Waals surface area (Å²) < 4.78 is 16.0. The van der Waals surface area contributed by atoms with Crippen molar-refractivity contribution in [3.05, 3.63) is 0 Å². The molecule has 0 aromatic carbocycles. The summed E-state index contributed by atoms with van der Waals surface area (Å²) in [5, 5.41) is 0. The minimum absolute atomic E-state index is 0.161. The van der Waals surface area contributed by atoms with Gasteiger partial charge >= 0.3 is 29.8 Å². The Bertz CT molecular complexity index is 800. The van der Waals surface area contributed by atoms with Crippen molar-refractivity contribution in [3.8, 4) is 0 Å². The van der Waals surface area contributed by atoms with Gasteiger partial charge in [-0.2, -0.15) is 9.78 Å². The van der Waals surface area contributed by atoms with Crippen LogP contribution in [0.3, 0.4) is 0 Å². The van der Waals surface area contributed by atoms with Crippen LogP contribution in [0.25, 0.3) is 0 Å². The summed E-state index contributed by atoms with van der Waals surface area (Å²) in [4.78, 5) is 75.9. The smallest absolute Gasteiger partial charge is 0.339 e. The van der Waals surface area contributed by atoms with E-state index in [4.69, 9.17) is 19.1 Å². The van der Waals surface area contributed by atoms with Crippen LogP contribution in [0.4, 0.5) is 0 Å². The van der Waals surface area contributed by atoms with Crippen molar-refractivity contribution in [3.63, 3.8) is 0 Å². The fourth-order valence-electron chi connectivity index (χ4n) is 4.58. The van der Waals surface area contributed by atoms with Crippen molar-refractivity contribution in [1.29, 1.82) is 0 Å². The molecule has 0 aliphatic heterocycles. The molecule has 0 spiro atoms. The van der Waals surface area contributed by atoms with Crippen LogP contribution in [0.1, 0.15) is 144 Å². The summed E-state index contributed by atoms with van der Waals surface area (Å²) >= 11 is 0. The molecular weight excluding hydrogens is 576 g/mol. The van der Waals surface area contributed by atoms with Gasteiger partial charge < -0.3 is 14.2 Å². The second-order valence-electron chi connectivity index (χ2n) is 11.1. The summed E-state index contributed by atoms with van der Waals surface area (Å²) in [5.41, 5.74) is 0. The minimum atomic E-state index is -1.06. The third kappa shape index (κ3) is 28.1. The largest absolute Gasteiger partial charge is 0.463 e. The zero-order chi connectivity index (χ0) is 33.0. The highest BCUT2D eigenvalue weighted by atomic mass is 17.2. The second kappa shape index (κ2) is 27.8. The SMILES string of the molecule is CCCCCCCCCCCCCC(CCCCC(CC(=O)OCC(COOC(C)=O)OOC(C)=O)OC(C)=O)OC(C)=O. The first-order valence-electron chi connectivity index (χ1n) is 16.2. The molecule has 0 aliphatic carbocycles. The van der Waals surface area contributed by atoms with E-state index in [9.17, 15) is 24.0 Å². The zero-order valence-corrected chi connectivity index (χ0v) is 27.6. The first-order chi connectivity index (χ1) is 21.0. The summed E-state index contributed by atoms with van der Waals surface area (Å²) in [6.07, 6.45) is 15.0. The maximum absolute atomic E-state index is 12.4. The number of ether oxygens (including phenoxy) is 3. The van der Waals surface area contributed by atoms with Crippen LogP contribution in [0.15, 0.2) is 0 Å². The fraction of sp³-hybridized carbons (Fsp3) is 0.844. The highest BCUT2D eigenvalue weighted by Gasteiger charge is 2.22. The van der Waals surface area contributed by atoms with Crippen LogP contribution in [-0.4, -0.2) is 61.4 Å². The minimum Gasteiger partial charge on any atom is -0.463 e. The molecule has 0 fully saturated rings. The average molecular weight is 633 g/mol. The van der Waals surface area contributed by atoms with E-state index in [1.54, 1.807) is 0 Å². The number of unbranched alkanes of at least 4 members (excludes halogenated alkanes) is 11. The molecule has 12 nitrogen and oxygen atoms in total. The van der Waals surface area contributed by atoms with Crippen LogP contribution in [0, 0.1) is 0 Å². The van der Waals surface area contributed by atoms with Gasteiger partial charge in [-0.3, -0.25) is 24.2 Å². The Labute approximate surface area is 263 Å². The zero-order valence-electron chi connectivity index (χ0n) is 27.6. The lowest BCUT2D eigenvalue weighted by atomic mass is 10.0. The molecule has 0 rings (SSSR count). The van der Waals surface area contributed by atoms with Crippen molar-refractivity contribution in [2.75, 3.05) is 13.2 Å². The molecule has 0 aliphatic rings. The molecule has 0 amide bonds. The van der Waals surface area contributed by atoms with Gasteiger partial charge in [-0.15, -0.1) is 0 Å². The third-order valence-corrected chi connectivity index (χ3v) is 6.65. The van der Waals surface area contributed by atoms with Gasteiger partial charge in [0.1, 0.15) is 25.4 Å². The molecule has 0 saturated heterocycles. The molecule has 0 N–H and O–H groups in total. The van der Waals surface area contributed by atoms with Gasteiger partial charge in [0.15, 0.2) is 6.10 Å². The van der Waals surface area contributed by atoms with Gasteiger partial charge in [0.25, 0.3) is 0 Å². The summed E-state index contributed by atoms with van der Waals surface area (Å²) in [6, 6.07) is 0. The maximum atomic E-state index is 12.4. The molecule has 0 bridgehead atoms. The number of carbonyl (C=O) groups excluding carboxylic acids is 5. The monoisotopic (exact) mass is 632 g/mol. The number of carbonyl (C=O) groups is 5. The van der Waals surface area contributed by atoms with Crippen molar-refractivity contribution in [2.24, 2.45) is 0 Å². The van der Waals surface area contributed by atoms with Gasteiger partial charge in [0, 0.05) is 27.7 Å². The summed E-state index contributed by atoms with van der Waals surface area (Å²) in [6.45, 7) is 6.43. The first-order valence-corrected chi connectivity index (χ1v) is 16.2. The molecule has 12 heteroatoms. The second-order valence-corrected chi connectivity index (χ2v) is 11.1. The van der Waals surface area contributed by atoms with Gasteiger partial charge in [0.05, 0.1) is 6.42 Å². The maximum Gasteiger partial charge on any atom is 0.339 e. The van der Waals surface area contributed by atoms with E-state index in [0.29, 0.717) is 19.3 Å². The van der Waals surface area contributed by atoms with E-state index in [1.807, 2.05) is 0 Å². The molecular formula is C32H56O12. The average Bonchev–Trinajstić information content (AvgIpc) is 2.94. The quantitative estimate of drug-likeness (QED) is 0.0308. The summed E-state index contributed by atoms with van der Waals surface area (Å²) in [7, 11) is 0. The molecule has 0 saturated carbocycles. The van der Waals surface area contributed by atoms with Gasteiger partial charge in [0.2, 0.25) is 0 Å². The van der Waals surface area contributed by atoms with E-state index in [1.165, 1.54) is 71.6 Å². The first kappa shape index (κ1) is 41.3. The Kier molecular flexibility index (Phi) is 26.1. The van der Waals surface area contributed by atoms with E-state index < -0.39 is 36.1 Å². The molecule has 44 heavy (non-hydrogen) atoms. The topological polar surface area (TPSA) is 150 Å². The number of hydrogen-bond acceptors (Lipinski definition) is 12. The Morgan fingerprint density at radius 3 is 1.45 bits per heavy atom. The van der Waals surface area contributed by atoms with Crippen LogP contribution < -0.4 is 0 Å². The van der Waals surface area contributed by atoms with Crippen LogP contribution in [0.5, 0.6) is 0 Å². The Balaban J connectivity index is 4.49. The van der Waals surface area contributed by atoms with E-state index >= 15 is 0 Å². The van der Waals surface area contributed by atoms with Crippen LogP contribution >= 0.6 is 0 Å². The van der Waals surface area contributed by atoms with E-state index in [0.717, 1.165) is 39.5 Å². The van der Waals surface area contributed by atoms with E-state index in [2.05, 4.69) is 21.6 Å². The van der Waals surface area contributed by atoms with Crippen molar-refractivity contribution < 1.29 is 57.7 Å². The lowest BCUT2D eigenvalue weighted by Crippen LogP contribution is -2.30. The Morgan fingerprint density at radius 2 is 0.955 bits per heavy atom. The number of hydrogen-bond donors (Lipinski definition) is 0. The molecule has 256 valence electrons. The van der Waals surface area contributed by atoms with Gasteiger partial charge in [-0.05, 0) is 38.5 Å². The number of rotatable bonds is 28. The normalized spacial score (nSPS) is 12.9. The molecule has 0 aromatic rings. The fourth-order valence-corrected chi connectivity index (χ4v) is 4.58. The Hall–Kier alpha value is -2.73. The lowest BCUT2D eigenvalue weighted by Gasteiger charge is -2.19. The molecule has 0 heterocycles. The molecule has 0 radical (unpaired) electrons. The predicted octanol–water partition coefficient (Wildman–Crippen LogP) is 6.40. The van der Waals surface area contributed by atoms with Gasteiger partial charge in [-0.25, -0.2) is 9.59 Å². The van der Waals surface area contributed by atoms with Crippen LogP contribution in [-0.2, 0) is 57.7 Å². The third-order valence-electron chi connectivity index (χ3n) is 6.65. The Morgan fingerprint density at radius 1 is 0.500 bits per heavy atom. The van der Waals surface area contributed by atoms with Gasteiger partial charge in [-0.1, -0.05) is 71.1 Å². The molecule has 3 atom stereocenters. The molecule has 0 aromatic heterocycles. The highest BCUT2D eigenvalue weighted by molar-refractivity contribution is 5.71. The number of esters is 3. The molecule has 3 unspecified atom stereocenters. The highest BCUT2D eigenvalue weighted by Crippen LogP contribution is 2.19. The lowest BCUT2D eigenvalue weighted by molar-refractivity contribution is -0.339. The predicted molar refractivity (Wildman–Crippen MR) is 161 cm³/mol.